The highest BCUT2D eigenvalue weighted by Crippen LogP contribution is 2.10. The average Bonchev–Trinajstić information content (AvgIpc) is 2.39. The van der Waals surface area contributed by atoms with E-state index in [0.717, 1.165) is 26.1 Å². The summed E-state index contributed by atoms with van der Waals surface area (Å²) in [6, 6.07) is 0.304. The molecule has 0 aromatic heterocycles. The molecular weight excluding hydrogens is 250 g/mol. The van der Waals surface area contributed by atoms with E-state index in [-0.39, 0.29) is 5.91 Å². The van der Waals surface area contributed by atoms with Crippen molar-refractivity contribution in [1.29, 1.82) is 0 Å². The van der Waals surface area contributed by atoms with Gasteiger partial charge in [-0.15, -0.1) is 0 Å². The van der Waals surface area contributed by atoms with Crippen molar-refractivity contribution in [3.05, 3.63) is 0 Å². The average molecular weight is 283 g/mol. The molecule has 2 N–H and O–H groups in total. The Labute approximate surface area is 124 Å². The lowest BCUT2D eigenvalue weighted by Crippen LogP contribution is -2.43. The fourth-order valence-corrected chi connectivity index (χ4v) is 2.92. The number of amides is 1. The zero-order valence-corrected chi connectivity index (χ0v) is 13.6. The maximum atomic E-state index is 12.0. The third kappa shape index (κ3) is 7.85. The van der Waals surface area contributed by atoms with E-state index in [9.17, 15) is 4.79 Å². The van der Waals surface area contributed by atoms with Gasteiger partial charge in [-0.05, 0) is 52.2 Å². The van der Waals surface area contributed by atoms with Crippen molar-refractivity contribution in [1.82, 2.24) is 15.5 Å². The molecule has 118 valence electrons. The van der Waals surface area contributed by atoms with Crippen LogP contribution in [-0.2, 0) is 4.79 Å². The van der Waals surface area contributed by atoms with Gasteiger partial charge in [0.15, 0.2) is 0 Å². The van der Waals surface area contributed by atoms with E-state index in [2.05, 4.69) is 36.4 Å². The van der Waals surface area contributed by atoms with Gasteiger partial charge in [0, 0.05) is 12.6 Å². The van der Waals surface area contributed by atoms with E-state index < -0.39 is 0 Å². The summed E-state index contributed by atoms with van der Waals surface area (Å²) in [7, 11) is 2.05. The van der Waals surface area contributed by atoms with Gasteiger partial charge in [-0.2, -0.15) is 0 Å². The Balaban J connectivity index is 2.13. The zero-order chi connectivity index (χ0) is 14.8. The first-order valence-corrected chi connectivity index (χ1v) is 8.30. The number of hydrogen-bond acceptors (Lipinski definition) is 3. The maximum Gasteiger partial charge on any atom is 0.234 e. The molecule has 0 bridgehead atoms. The Morgan fingerprint density at radius 1 is 1.45 bits per heavy atom. The summed E-state index contributed by atoms with van der Waals surface area (Å²) in [5.74, 6) is 0.865. The first-order chi connectivity index (χ1) is 9.61. The Kier molecular flexibility index (Phi) is 8.86. The number of unbranched alkanes of at least 4 members (excludes halogenated alkanes) is 2. The van der Waals surface area contributed by atoms with Crippen LogP contribution in [0.2, 0.25) is 0 Å². The Bertz CT molecular complexity index is 264. The third-order valence-electron chi connectivity index (χ3n) is 4.03. The van der Waals surface area contributed by atoms with Crippen molar-refractivity contribution in [2.75, 3.05) is 33.2 Å². The molecule has 0 aromatic rings. The third-order valence-corrected chi connectivity index (χ3v) is 4.03. The van der Waals surface area contributed by atoms with E-state index in [1.807, 2.05) is 0 Å². The SMILES string of the molecule is CCCCCC(C)NC(=O)CN(C)CC1CCCNC1. The van der Waals surface area contributed by atoms with Crippen molar-refractivity contribution in [3.63, 3.8) is 0 Å². The molecular formula is C16H33N3O. The number of rotatable bonds is 9. The highest BCUT2D eigenvalue weighted by Gasteiger charge is 2.16. The number of nitrogens with one attached hydrogen (secondary N) is 2. The predicted molar refractivity (Wildman–Crippen MR) is 84.8 cm³/mol. The molecule has 4 heteroatoms. The number of piperidine rings is 1. The molecule has 2 atom stereocenters. The van der Waals surface area contributed by atoms with E-state index in [1.54, 1.807) is 0 Å². The summed E-state index contributed by atoms with van der Waals surface area (Å²) in [6.07, 6.45) is 7.34. The molecule has 0 radical (unpaired) electrons. The molecule has 1 rings (SSSR count). The second-order valence-corrected chi connectivity index (χ2v) is 6.37. The second-order valence-electron chi connectivity index (χ2n) is 6.37. The fraction of sp³-hybridized carbons (Fsp3) is 0.938. The number of hydrogen-bond donors (Lipinski definition) is 2. The molecule has 1 aliphatic heterocycles. The van der Waals surface area contributed by atoms with Crippen LogP contribution in [0.4, 0.5) is 0 Å². The van der Waals surface area contributed by atoms with Gasteiger partial charge in [0.05, 0.1) is 6.54 Å². The zero-order valence-electron chi connectivity index (χ0n) is 13.6. The minimum atomic E-state index is 0.167. The fourth-order valence-electron chi connectivity index (χ4n) is 2.92. The molecule has 4 nitrogen and oxygen atoms in total. The second kappa shape index (κ2) is 10.2. The van der Waals surface area contributed by atoms with Crippen LogP contribution >= 0.6 is 0 Å². The van der Waals surface area contributed by atoms with Crippen molar-refractivity contribution < 1.29 is 4.79 Å². The lowest BCUT2D eigenvalue weighted by Gasteiger charge is -2.27. The van der Waals surface area contributed by atoms with Gasteiger partial charge >= 0.3 is 0 Å². The molecule has 1 amide bonds. The smallest absolute Gasteiger partial charge is 0.234 e. The normalized spacial score (nSPS) is 20.9. The summed E-state index contributed by atoms with van der Waals surface area (Å²) < 4.78 is 0. The summed E-state index contributed by atoms with van der Waals surface area (Å²) >= 11 is 0. The molecule has 2 unspecified atom stereocenters. The molecule has 0 saturated carbocycles. The highest BCUT2D eigenvalue weighted by molar-refractivity contribution is 5.78. The highest BCUT2D eigenvalue weighted by atomic mass is 16.2. The van der Waals surface area contributed by atoms with Crippen LogP contribution in [0.3, 0.4) is 0 Å². The minimum absolute atomic E-state index is 0.167. The van der Waals surface area contributed by atoms with E-state index in [4.69, 9.17) is 0 Å². The van der Waals surface area contributed by atoms with Crippen molar-refractivity contribution >= 4 is 5.91 Å². The van der Waals surface area contributed by atoms with Gasteiger partial charge in [0.2, 0.25) is 5.91 Å². The molecule has 20 heavy (non-hydrogen) atoms. The van der Waals surface area contributed by atoms with Gasteiger partial charge in [-0.3, -0.25) is 9.69 Å². The number of nitrogens with zero attached hydrogens (tertiary/aromatic N) is 1. The summed E-state index contributed by atoms with van der Waals surface area (Å²) in [5.41, 5.74) is 0. The first kappa shape index (κ1) is 17.4. The summed E-state index contributed by atoms with van der Waals surface area (Å²) in [4.78, 5) is 14.1. The van der Waals surface area contributed by atoms with Gasteiger partial charge in [0.25, 0.3) is 0 Å². The monoisotopic (exact) mass is 283 g/mol. The van der Waals surface area contributed by atoms with E-state index in [1.165, 1.54) is 32.1 Å². The quantitative estimate of drug-likeness (QED) is 0.636. The predicted octanol–water partition coefficient (Wildman–Crippen LogP) is 2.00. The van der Waals surface area contributed by atoms with Crippen molar-refractivity contribution in [2.45, 2.75) is 58.4 Å². The van der Waals surface area contributed by atoms with E-state index in [0.29, 0.717) is 18.5 Å². The topological polar surface area (TPSA) is 44.4 Å². The number of likely N-dealkylation sites (N-methyl/N-ethyl adjacent to an activating group) is 1. The summed E-state index contributed by atoms with van der Waals surface area (Å²) in [5, 5.41) is 6.54. The number of carbonyl (C=O) groups excluding carboxylic acids is 1. The molecule has 1 fully saturated rings. The van der Waals surface area contributed by atoms with Gasteiger partial charge < -0.3 is 10.6 Å². The van der Waals surface area contributed by atoms with Crippen LogP contribution in [0.15, 0.2) is 0 Å². The molecule has 0 spiro atoms. The Hall–Kier alpha value is -0.610. The van der Waals surface area contributed by atoms with Crippen LogP contribution in [-0.4, -0.2) is 50.1 Å². The van der Waals surface area contributed by atoms with Crippen LogP contribution in [0.5, 0.6) is 0 Å². The van der Waals surface area contributed by atoms with Crippen LogP contribution in [0.1, 0.15) is 52.4 Å². The minimum Gasteiger partial charge on any atom is -0.353 e. The molecule has 1 heterocycles. The van der Waals surface area contributed by atoms with Gasteiger partial charge in [-0.1, -0.05) is 26.2 Å². The summed E-state index contributed by atoms with van der Waals surface area (Å²) in [6.45, 7) is 8.10. The molecule has 1 aliphatic rings. The standard InChI is InChI=1S/C16H33N3O/c1-4-5-6-8-14(2)18-16(20)13-19(3)12-15-9-7-10-17-11-15/h14-15,17H,4-13H2,1-3H3,(H,18,20). The van der Waals surface area contributed by atoms with Gasteiger partial charge in [-0.25, -0.2) is 0 Å². The largest absolute Gasteiger partial charge is 0.353 e. The van der Waals surface area contributed by atoms with Crippen LogP contribution < -0.4 is 10.6 Å². The lowest BCUT2D eigenvalue weighted by molar-refractivity contribution is -0.122. The Morgan fingerprint density at radius 3 is 2.90 bits per heavy atom. The van der Waals surface area contributed by atoms with E-state index >= 15 is 0 Å². The van der Waals surface area contributed by atoms with Crippen molar-refractivity contribution in [2.24, 2.45) is 5.92 Å². The number of carbonyl (C=O) groups is 1. The van der Waals surface area contributed by atoms with Crippen LogP contribution in [0.25, 0.3) is 0 Å². The first-order valence-electron chi connectivity index (χ1n) is 8.30. The maximum absolute atomic E-state index is 12.0. The Morgan fingerprint density at radius 2 is 2.25 bits per heavy atom. The molecule has 0 aromatic carbocycles. The van der Waals surface area contributed by atoms with Crippen LogP contribution in [0, 0.1) is 5.92 Å². The van der Waals surface area contributed by atoms with Crippen molar-refractivity contribution in [3.8, 4) is 0 Å². The van der Waals surface area contributed by atoms with Gasteiger partial charge in [0.1, 0.15) is 0 Å². The molecule has 0 aliphatic carbocycles. The lowest BCUT2D eigenvalue weighted by atomic mass is 9.99. The molecule has 1 saturated heterocycles.